The first-order valence-electron chi connectivity index (χ1n) is 9.54. The van der Waals surface area contributed by atoms with Crippen molar-refractivity contribution in [3.8, 4) is 0 Å². The molecular weight excluding hydrogens is 442 g/mol. The minimum atomic E-state index is -3.56. The third-order valence-corrected chi connectivity index (χ3v) is 7.52. The van der Waals surface area contributed by atoms with Crippen molar-refractivity contribution in [1.82, 2.24) is 15.2 Å². The Morgan fingerprint density at radius 1 is 0.806 bits per heavy atom. The van der Waals surface area contributed by atoms with Crippen LogP contribution in [0.15, 0.2) is 53.4 Å². The molecule has 31 heavy (non-hydrogen) atoms. The largest absolute Gasteiger partial charge is 0.269 e. The fraction of sp³-hybridized carbons (Fsp3) is 0.300. The molecule has 0 bridgehead atoms. The highest BCUT2D eigenvalue weighted by molar-refractivity contribution is 7.90. The Balaban J connectivity index is 1.58. The summed E-state index contributed by atoms with van der Waals surface area (Å²) < 4.78 is 49.1. The summed E-state index contributed by atoms with van der Waals surface area (Å²) in [4.78, 5) is 24.6. The van der Waals surface area contributed by atoms with Gasteiger partial charge in [-0.3, -0.25) is 20.4 Å². The predicted molar refractivity (Wildman–Crippen MR) is 114 cm³/mol. The summed E-state index contributed by atoms with van der Waals surface area (Å²) in [6, 6.07) is 11.5. The van der Waals surface area contributed by atoms with Crippen LogP contribution in [-0.2, 0) is 25.6 Å². The number of rotatable bonds is 6. The number of carbonyl (C=O) groups excluding carboxylic acids is 2. The normalized spacial score (nSPS) is 14.9. The van der Waals surface area contributed by atoms with E-state index in [-0.39, 0.29) is 21.8 Å². The molecule has 1 heterocycles. The Morgan fingerprint density at radius 3 is 1.71 bits per heavy atom. The molecule has 2 aromatic carbocycles. The lowest BCUT2D eigenvalue weighted by atomic mass is 10.1. The van der Waals surface area contributed by atoms with Gasteiger partial charge in [-0.25, -0.2) is 16.8 Å². The monoisotopic (exact) mass is 465 g/mol. The molecule has 1 saturated heterocycles. The third kappa shape index (κ3) is 5.90. The summed E-state index contributed by atoms with van der Waals surface area (Å²) >= 11 is 0. The lowest BCUT2D eigenvalue weighted by Crippen LogP contribution is -2.41. The van der Waals surface area contributed by atoms with Crippen molar-refractivity contribution in [2.24, 2.45) is 0 Å². The van der Waals surface area contributed by atoms with Crippen LogP contribution in [0.4, 0.5) is 0 Å². The first-order valence-corrected chi connectivity index (χ1v) is 13.0. The lowest BCUT2D eigenvalue weighted by molar-refractivity contribution is 0.0846. The molecule has 2 N–H and O–H groups in total. The molecule has 0 aliphatic carbocycles. The van der Waals surface area contributed by atoms with Gasteiger partial charge in [0.15, 0.2) is 9.84 Å². The molecule has 0 radical (unpaired) electrons. The molecule has 0 aromatic heterocycles. The van der Waals surface area contributed by atoms with E-state index in [0.717, 1.165) is 19.1 Å². The maximum Gasteiger partial charge on any atom is 0.269 e. The Kier molecular flexibility index (Phi) is 6.77. The average molecular weight is 466 g/mol. The molecule has 0 saturated carbocycles. The van der Waals surface area contributed by atoms with Crippen molar-refractivity contribution in [2.75, 3.05) is 19.3 Å². The molecule has 9 nitrogen and oxygen atoms in total. The van der Waals surface area contributed by atoms with Crippen molar-refractivity contribution in [3.63, 3.8) is 0 Å². The highest BCUT2D eigenvalue weighted by Crippen LogP contribution is 2.21. The van der Waals surface area contributed by atoms with E-state index >= 15 is 0 Å². The highest BCUT2D eigenvalue weighted by atomic mass is 32.2. The second kappa shape index (κ2) is 9.16. The lowest BCUT2D eigenvalue weighted by Gasteiger charge is -2.15. The van der Waals surface area contributed by atoms with Gasteiger partial charge in [0.25, 0.3) is 11.8 Å². The van der Waals surface area contributed by atoms with E-state index in [1.165, 1.54) is 52.8 Å². The van der Waals surface area contributed by atoms with Crippen LogP contribution in [0.1, 0.15) is 39.1 Å². The summed E-state index contributed by atoms with van der Waals surface area (Å²) in [5.41, 5.74) is 5.51. The Morgan fingerprint density at radius 2 is 1.26 bits per heavy atom. The van der Waals surface area contributed by atoms with Crippen molar-refractivity contribution in [2.45, 2.75) is 23.5 Å². The molecule has 1 aliphatic heterocycles. The van der Waals surface area contributed by atoms with Crippen LogP contribution < -0.4 is 10.9 Å². The van der Waals surface area contributed by atoms with Crippen LogP contribution in [0, 0.1) is 0 Å². The second-order valence-electron chi connectivity index (χ2n) is 7.31. The van der Waals surface area contributed by atoms with E-state index < -0.39 is 31.7 Å². The topological polar surface area (TPSA) is 130 Å². The molecule has 1 aliphatic rings. The summed E-state index contributed by atoms with van der Waals surface area (Å²) in [5.74, 6) is -1.31. The number of sulfone groups is 1. The SMILES string of the molecule is CS(=O)(=O)Cc1ccc(C(=O)NNC(=O)c2ccc(S(=O)(=O)N3CCCC3)cc2)cc1. The summed E-state index contributed by atoms with van der Waals surface area (Å²) in [5, 5.41) is 0. The van der Waals surface area contributed by atoms with E-state index in [9.17, 15) is 26.4 Å². The van der Waals surface area contributed by atoms with Gasteiger partial charge in [0.2, 0.25) is 10.0 Å². The number of nitrogens with one attached hydrogen (secondary N) is 2. The van der Waals surface area contributed by atoms with Gasteiger partial charge >= 0.3 is 0 Å². The molecule has 166 valence electrons. The molecule has 2 aromatic rings. The van der Waals surface area contributed by atoms with Gasteiger partial charge in [-0.15, -0.1) is 0 Å². The van der Waals surface area contributed by atoms with E-state index in [0.29, 0.717) is 18.7 Å². The quantitative estimate of drug-likeness (QED) is 0.615. The van der Waals surface area contributed by atoms with Crippen LogP contribution in [-0.4, -0.2) is 52.3 Å². The van der Waals surface area contributed by atoms with E-state index in [4.69, 9.17) is 0 Å². The number of hydrogen-bond acceptors (Lipinski definition) is 6. The van der Waals surface area contributed by atoms with Crippen LogP contribution in [0.5, 0.6) is 0 Å². The summed E-state index contributed by atoms with van der Waals surface area (Å²) in [7, 11) is -6.74. The highest BCUT2D eigenvalue weighted by Gasteiger charge is 2.27. The minimum absolute atomic E-state index is 0.115. The summed E-state index contributed by atoms with van der Waals surface area (Å²) in [6.07, 6.45) is 2.79. The number of hydrogen-bond donors (Lipinski definition) is 2. The Hall–Kier alpha value is -2.76. The number of hydrazine groups is 1. The van der Waals surface area contributed by atoms with Gasteiger partial charge < -0.3 is 0 Å². The van der Waals surface area contributed by atoms with Crippen molar-refractivity contribution >= 4 is 31.7 Å². The molecule has 0 spiro atoms. The predicted octanol–water partition coefficient (Wildman–Crippen LogP) is 1.09. The molecule has 1 fully saturated rings. The van der Waals surface area contributed by atoms with Gasteiger partial charge in [-0.05, 0) is 54.8 Å². The van der Waals surface area contributed by atoms with E-state index in [1.54, 1.807) is 0 Å². The summed E-state index contributed by atoms with van der Waals surface area (Å²) in [6.45, 7) is 0.984. The van der Waals surface area contributed by atoms with Crippen LogP contribution in [0.25, 0.3) is 0 Å². The molecule has 0 unspecified atom stereocenters. The Labute approximate surface area is 181 Å². The third-order valence-electron chi connectivity index (χ3n) is 4.75. The van der Waals surface area contributed by atoms with Gasteiger partial charge in [0.1, 0.15) is 0 Å². The minimum Gasteiger partial charge on any atom is -0.267 e. The van der Waals surface area contributed by atoms with Crippen molar-refractivity contribution in [1.29, 1.82) is 0 Å². The van der Waals surface area contributed by atoms with Crippen LogP contribution in [0.3, 0.4) is 0 Å². The smallest absolute Gasteiger partial charge is 0.267 e. The second-order valence-corrected chi connectivity index (χ2v) is 11.4. The number of benzene rings is 2. The Bertz CT molecular complexity index is 1170. The van der Waals surface area contributed by atoms with Crippen molar-refractivity contribution in [3.05, 3.63) is 65.2 Å². The molecule has 0 atom stereocenters. The zero-order valence-electron chi connectivity index (χ0n) is 16.9. The van der Waals surface area contributed by atoms with Crippen LogP contribution in [0.2, 0.25) is 0 Å². The van der Waals surface area contributed by atoms with Crippen molar-refractivity contribution < 1.29 is 26.4 Å². The first-order chi connectivity index (χ1) is 14.6. The zero-order chi connectivity index (χ0) is 22.6. The first kappa shape index (κ1) is 22.9. The molecule has 3 rings (SSSR count). The number of amides is 2. The number of sulfonamides is 1. The van der Waals surface area contributed by atoms with Gasteiger partial charge in [0, 0.05) is 30.5 Å². The number of nitrogens with zero attached hydrogens (tertiary/aromatic N) is 1. The zero-order valence-corrected chi connectivity index (χ0v) is 18.5. The molecule has 2 amide bonds. The van der Waals surface area contributed by atoms with Crippen LogP contribution >= 0.6 is 0 Å². The fourth-order valence-corrected chi connectivity index (χ4v) is 5.48. The van der Waals surface area contributed by atoms with Gasteiger partial charge in [0.05, 0.1) is 10.6 Å². The fourth-order valence-electron chi connectivity index (χ4n) is 3.17. The maximum absolute atomic E-state index is 12.5. The van der Waals surface area contributed by atoms with Gasteiger partial charge in [-0.2, -0.15) is 4.31 Å². The van der Waals surface area contributed by atoms with E-state index in [2.05, 4.69) is 10.9 Å². The average Bonchev–Trinajstić information content (AvgIpc) is 3.27. The van der Waals surface area contributed by atoms with Gasteiger partial charge in [-0.1, -0.05) is 12.1 Å². The molecule has 11 heteroatoms. The molecular formula is C20H23N3O6S2. The number of carbonyl (C=O) groups is 2. The maximum atomic E-state index is 12.5. The van der Waals surface area contributed by atoms with E-state index in [1.807, 2.05) is 0 Å². The standard InChI is InChI=1S/C20H23N3O6S2/c1-30(26,27)14-15-4-6-16(7-5-15)19(24)21-22-20(25)17-8-10-18(11-9-17)31(28,29)23-12-2-3-13-23/h4-11H,2-3,12-14H2,1H3,(H,21,24)(H,22,25).